The summed E-state index contributed by atoms with van der Waals surface area (Å²) < 4.78 is 13.8. The highest BCUT2D eigenvalue weighted by Crippen LogP contribution is 2.33. The maximum Gasteiger partial charge on any atom is 0.130 e. The van der Waals surface area contributed by atoms with Crippen LogP contribution in [-0.2, 0) is 0 Å². The van der Waals surface area contributed by atoms with Gasteiger partial charge >= 0.3 is 0 Å². The van der Waals surface area contributed by atoms with Crippen LogP contribution in [0.3, 0.4) is 0 Å². The predicted octanol–water partition coefficient (Wildman–Crippen LogP) is 5.12. The quantitative estimate of drug-likeness (QED) is 0.678. The van der Waals surface area contributed by atoms with Gasteiger partial charge in [0.25, 0.3) is 0 Å². The minimum Gasteiger partial charge on any atom is -0.206 e. The summed E-state index contributed by atoms with van der Waals surface area (Å²) in [5.74, 6) is 0.752. The molecule has 0 N–H and O–H groups in total. The summed E-state index contributed by atoms with van der Waals surface area (Å²) in [7, 11) is 0. The first-order chi connectivity index (χ1) is 8.20. The smallest absolute Gasteiger partial charge is 0.130 e. The fourth-order valence-corrected chi connectivity index (χ4v) is 2.68. The van der Waals surface area contributed by atoms with Gasteiger partial charge in [0.15, 0.2) is 0 Å². The number of allylic oxidation sites excluding steroid dienone is 2. The molecule has 92 valence electrons. The molecular weight excluding hydrogens is 211 g/mol. The molecule has 0 bridgehead atoms. The van der Waals surface area contributed by atoms with E-state index in [0.717, 1.165) is 29.9 Å². The minimum atomic E-state index is -0.0646. The van der Waals surface area contributed by atoms with Gasteiger partial charge in [0, 0.05) is 5.56 Å². The van der Waals surface area contributed by atoms with E-state index in [9.17, 15) is 4.39 Å². The number of rotatable bonds is 3. The summed E-state index contributed by atoms with van der Waals surface area (Å²) >= 11 is 0. The van der Waals surface area contributed by atoms with E-state index < -0.39 is 0 Å². The summed E-state index contributed by atoms with van der Waals surface area (Å²) in [6.07, 6.45) is 8.18. The van der Waals surface area contributed by atoms with Crippen molar-refractivity contribution in [1.82, 2.24) is 0 Å². The maximum atomic E-state index is 13.8. The Morgan fingerprint density at radius 2 is 2.18 bits per heavy atom. The first kappa shape index (κ1) is 12.3. The molecule has 0 heterocycles. The Kier molecular flexibility index (Phi) is 3.98. The van der Waals surface area contributed by atoms with Crippen LogP contribution in [0.2, 0.25) is 0 Å². The molecule has 1 aromatic rings. The Hall–Kier alpha value is -1.11. The second-order valence-corrected chi connectivity index (χ2v) is 5.14. The van der Waals surface area contributed by atoms with Crippen molar-refractivity contribution in [2.75, 3.05) is 0 Å². The van der Waals surface area contributed by atoms with Gasteiger partial charge in [-0.25, -0.2) is 4.39 Å². The van der Waals surface area contributed by atoms with Gasteiger partial charge in [-0.05, 0) is 49.3 Å². The van der Waals surface area contributed by atoms with Crippen molar-refractivity contribution in [2.45, 2.75) is 46.0 Å². The van der Waals surface area contributed by atoms with E-state index in [4.69, 9.17) is 0 Å². The van der Waals surface area contributed by atoms with Crippen molar-refractivity contribution in [3.63, 3.8) is 0 Å². The maximum absolute atomic E-state index is 13.8. The fourth-order valence-electron chi connectivity index (χ4n) is 2.68. The van der Waals surface area contributed by atoms with Gasteiger partial charge in [-0.1, -0.05) is 38.0 Å². The van der Waals surface area contributed by atoms with E-state index >= 15 is 0 Å². The Bertz CT molecular complexity index is 418. The lowest BCUT2D eigenvalue weighted by Crippen LogP contribution is -2.05. The molecule has 0 aromatic heterocycles. The molecule has 1 aliphatic carbocycles. The molecular formula is C16H21F. The molecule has 1 heteroatoms. The highest BCUT2D eigenvalue weighted by molar-refractivity contribution is 5.67. The van der Waals surface area contributed by atoms with Gasteiger partial charge in [-0.3, -0.25) is 0 Å². The second kappa shape index (κ2) is 5.48. The summed E-state index contributed by atoms with van der Waals surface area (Å²) in [5, 5.41) is 0. The van der Waals surface area contributed by atoms with Crippen molar-refractivity contribution in [2.24, 2.45) is 5.92 Å². The standard InChI is InChI=1S/C16H21F/c1-3-4-13-6-8-14(9-7-13)15-10-5-12(2)11-16(15)17/h5,8,10-11,13H,3-4,6-7,9H2,1-2H3. The van der Waals surface area contributed by atoms with E-state index in [0.29, 0.717) is 0 Å². The summed E-state index contributed by atoms with van der Waals surface area (Å²) in [6, 6.07) is 5.56. The number of hydrogen-bond acceptors (Lipinski definition) is 0. The third kappa shape index (κ3) is 2.96. The summed E-state index contributed by atoms with van der Waals surface area (Å²) in [4.78, 5) is 0. The van der Waals surface area contributed by atoms with Crippen LogP contribution in [0.15, 0.2) is 24.3 Å². The van der Waals surface area contributed by atoms with Gasteiger partial charge in [0.1, 0.15) is 5.82 Å². The van der Waals surface area contributed by atoms with Gasteiger partial charge in [0.2, 0.25) is 0 Å². The molecule has 0 amide bonds. The number of benzene rings is 1. The zero-order valence-electron chi connectivity index (χ0n) is 10.8. The molecule has 1 atom stereocenters. The second-order valence-electron chi connectivity index (χ2n) is 5.14. The van der Waals surface area contributed by atoms with Gasteiger partial charge in [-0.2, -0.15) is 0 Å². The molecule has 1 aliphatic rings. The number of aryl methyl sites for hydroxylation is 1. The van der Waals surface area contributed by atoms with Crippen LogP contribution in [0.25, 0.3) is 5.57 Å². The summed E-state index contributed by atoms with van der Waals surface area (Å²) in [5.41, 5.74) is 3.01. The molecule has 2 rings (SSSR count). The first-order valence-corrected chi connectivity index (χ1v) is 6.66. The molecule has 0 spiro atoms. The monoisotopic (exact) mass is 232 g/mol. The van der Waals surface area contributed by atoms with Crippen LogP contribution in [0, 0.1) is 18.7 Å². The van der Waals surface area contributed by atoms with Crippen LogP contribution >= 0.6 is 0 Å². The Morgan fingerprint density at radius 3 is 2.76 bits per heavy atom. The molecule has 1 unspecified atom stereocenters. The average Bonchev–Trinajstić information content (AvgIpc) is 2.31. The molecule has 0 radical (unpaired) electrons. The molecule has 0 aliphatic heterocycles. The Morgan fingerprint density at radius 1 is 1.35 bits per heavy atom. The third-order valence-electron chi connectivity index (χ3n) is 3.69. The highest BCUT2D eigenvalue weighted by Gasteiger charge is 2.16. The molecule has 1 aromatic carbocycles. The number of halogens is 1. The Balaban J connectivity index is 2.13. The highest BCUT2D eigenvalue weighted by atomic mass is 19.1. The fraction of sp³-hybridized carbons (Fsp3) is 0.500. The third-order valence-corrected chi connectivity index (χ3v) is 3.69. The van der Waals surface area contributed by atoms with Crippen LogP contribution in [0.1, 0.15) is 50.2 Å². The lowest BCUT2D eigenvalue weighted by atomic mass is 9.84. The van der Waals surface area contributed by atoms with Crippen molar-refractivity contribution in [1.29, 1.82) is 0 Å². The largest absolute Gasteiger partial charge is 0.206 e. The van der Waals surface area contributed by atoms with E-state index in [2.05, 4.69) is 13.0 Å². The van der Waals surface area contributed by atoms with Crippen molar-refractivity contribution in [3.8, 4) is 0 Å². The van der Waals surface area contributed by atoms with Crippen molar-refractivity contribution in [3.05, 3.63) is 41.2 Å². The normalized spacial score (nSPS) is 20.2. The SMILES string of the molecule is CCCC1CC=C(c2ccc(C)cc2F)CC1. The zero-order chi connectivity index (χ0) is 12.3. The topological polar surface area (TPSA) is 0 Å². The lowest BCUT2D eigenvalue weighted by Gasteiger charge is -2.22. The van der Waals surface area contributed by atoms with Gasteiger partial charge in [-0.15, -0.1) is 0 Å². The van der Waals surface area contributed by atoms with Crippen molar-refractivity contribution >= 4 is 5.57 Å². The molecule has 17 heavy (non-hydrogen) atoms. The Labute approximate surface area is 104 Å². The predicted molar refractivity (Wildman–Crippen MR) is 71.4 cm³/mol. The van der Waals surface area contributed by atoms with Crippen LogP contribution in [0.5, 0.6) is 0 Å². The molecule has 0 saturated carbocycles. The van der Waals surface area contributed by atoms with E-state index in [1.807, 2.05) is 19.1 Å². The van der Waals surface area contributed by atoms with E-state index in [1.165, 1.54) is 24.8 Å². The summed E-state index contributed by atoms with van der Waals surface area (Å²) in [6.45, 7) is 4.16. The van der Waals surface area contributed by atoms with E-state index in [-0.39, 0.29) is 5.82 Å². The lowest BCUT2D eigenvalue weighted by molar-refractivity contribution is 0.444. The molecule has 0 fully saturated rings. The van der Waals surface area contributed by atoms with Gasteiger partial charge < -0.3 is 0 Å². The molecule has 0 nitrogen and oxygen atoms in total. The average molecular weight is 232 g/mol. The van der Waals surface area contributed by atoms with Gasteiger partial charge in [0.05, 0.1) is 0 Å². The van der Waals surface area contributed by atoms with Crippen LogP contribution < -0.4 is 0 Å². The minimum absolute atomic E-state index is 0.0646. The van der Waals surface area contributed by atoms with Crippen LogP contribution in [-0.4, -0.2) is 0 Å². The number of hydrogen-bond donors (Lipinski definition) is 0. The van der Waals surface area contributed by atoms with Crippen LogP contribution in [0.4, 0.5) is 4.39 Å². The molecule has 0 saturated heterocycles. The van der Waals surface area contributed by atoms with Crippen molar-refractivity contribution < 1.29 is 4.39 Å². The first-order valence-electron chi connectivity index (χ1n) is 6.66. The van der Waals surface area contributed by atoms with E-state index in [1.54, 1.807) is 6.07 Å². The zero-order valence-corrected chi connectivity index (χ0v) is 10.8.